The molecular weight excluding hydrogens is 535 g/mol. The maximum atomic E-state index is 12.9. The van der Waals surface area contributed by atoms with Crippen molar-refractivity contribution in [2.45, 2.75) is 17.1 Å². The predicted molar refractivity (Wildman–Crippen MR) is 133 cm³/mol. The van der Waals surface area contributed by atoms with Crippen molar-refractivity contribution in [1.82, 2.24) is 0 Å². The van der Waals surface area contributed by atoms with Gasteiger partial charge in [0.25, 0.3) is 0 Å². The Morgan fingerprint density at radius 2 is 0.974 bits per heavy atom. The zero-order valence-electron chi connectivity index (χ0n) is 19.9. The minimum Gasteiger partial charge on any atom is -0.445 e. The van der Waals surface area contributed by atoms with E-state index in [-0.39, 0.29) is 0 Å². The minimum absolute atomic E-state index is 0.586. The Balaban J connectivity index is 0.000000232. The van der Waals surface area contributed by atoms with Crippen LogP contribution in [0.3, 0.4) is 0 Å². The molecule has 0 aliphatic rings. The number of hydrogen-bond donors (Lipinski definition) is 0. The summed E-state index contributed by atoms with van der Waals surface area (Å²) in [5.41, 5.74) is 0.982. The van der Waals surface area contributed by atoms with E-state index in [0.29, 0.717) is 5.75 Å². The van der Waals surface area contributed by atoms with Gasteiger partial charge in [-0.05, 0) is 35.1 Å². The number of halogens is 8. The second-order valence-electron chi connectivity index (χ2n) is 8.50. The molecule has 0 saturated carbocycles. The second kappa shape index (κ2) is 11.9. The third kappa shape index (κ3) is 7.09. The Morgan fingerprint density at radius 1 is 0.579 bits per heavy atom. The molecule has 200 valence electrons. The summed E-state index contributed by atoms with van der Waals surface area (Å²) in [5, 5.41) is 0. The fraction of sp³-hybridized carbons (Fsp3) is 0.111. The first-order chi connectivity index (χ1) is 17.8. The molecular formula is C27H21BF8OS. The van der Waals surface area contributed by atoms with Gasteiger partial charge in [0.15, 0.2) is 22.3 Å². The molecule has 0 aliphatic carbocycles. The van der Waals surface area contributed by atoms with E-state index < -0.39 is 51.5 Å². The molecule has 0 bridgehead atoms. The lowest BCUT2D eigenvalue weighted by Gasteiger charge is -2.17. The lowest BCUT2D eigenvalue weighted by atomic mass is 9.79. The zero-order chi connectivity index (χ0) is 28.1. The minimum atomic E-state index is -6.30. The number of benzene rings is 4. The molecule has 0 saturated heterocycles. The maximum absolute atomic E-state index is 12.9. The Bertz CT molecular complexity index is 1400. The molecule has 1 nitrogen and oxygen atoms in total. The second-order valence-corrected chi connectivity index (χ2v) is 11.3. The highest BCUT2D eigenvalue weighted by Gasteiger charge is 2.37. The topological polar surface area (TPSA) is 17.1 Å². The molecule has 0 aromatic heterocycles. The Labute approximate surface area is 215 Å². The quantitative estimate of drug-likeness (QED) is 0.0796. The normalized spacial score (nSPS) is 12.9. The van der Waals surface area contributed by atoms with Crippen molar-refractivity contribution in [3.8, 4) is 0 Å². The summed E-state index contributed by atoms with van der Waals surface area (Å²) in [4.78, 5) is 0.924. The van der Waals surface area contributed by atoms with Gasteiger partial charge in [-0.1, -0.05) is 77.0 Å². The van der Waals surface area contributed by atoms with Gasteiger partial charge in [0.2, 0.25) is 0 Å². The fourth-order valence-electron chi connectivity index (χ4n) is 3.60. The molecule has 0 fully saturated rings. The van der Waals surface area contributed by atoms with E-state index in [1.54, 1.807) is 0 Å². The monoisotopic (exact) mass is 556 g/mol. The molecule has 0 aliphatic heterocycles. The Hall–Kier alpha value is -3.47. The van der Waals surface area contributed by atoms with Crippen LogP contribution in [0.2, 0.25) is 0 Å². The first-order valence-electron chi connectivity index (χ1n) is 11.2. The molecule has 0 spiro atoms. The van der Waals surface area contributed by atoms with Gasteiger partial charge in [-0.25, -0.2) is 22.0 Å². The summed E-state index contributed by atoms with van der Waals surface area (Å²) >= 11 is 0. The molecule has 1 unspecified atom stereocenters. The van der Waals surface area contributed by atoms with Gasteiger partial charge in [0.1, 0.15) is 33.6 Å². The van der Waals surface area contributed by atoms with Crippen LogP contribution in [0, 0.1) is 29.1 Å². The van der Waals surface area contributed by atoms with Gasteiger partial charge in [-0.3, -0.25) is 0 Å². The summed E-state index contributed by atoms with van der Waals surface area (Å²) in [6.07, 6.45) is 2.78. The van der Waals surface area contributed by atoms with Gasteiger partial charge in [-0.2, -0.15) is 0 Å². The van der Waals surface area contributed by atoms with E-state index in [2.05, 4.69) is 48.5 Å². The average molecular weight is 556 g/mol. The smallest absolute Gasteiger partial charge is 0.445 e. The Morgan fingerprint density at radius 3 is 1.45 bits per heavy atom. The first-order valence-corrected chi connectivity index (χ1v) is 13.3. The van der Waals surface area contributed by atoms with Crippen molar-refractivity contribution in [3.63, 3.8) is 0 Å². The highest BCUT2D eigenvalue weighted by Crippen LogP contribution is 2.23. The van der Waals surface area contributed by atoms with Crippen molar-refractivity contribution in [2.24, 2.45) is 0 Å². The van der Waals surface area contributed by atoms with E-state index in [9.17, 15) is 39.1 Å². The lowest BCUT2D eigenvalue weighted by molar-refractivity contribution is 0.377. The summed E-state index contributed by atoms with van der Waals surface area (Å²) in [5.74, 6) is -13.0. The molecule has 4 aromatic rings. The van der Waals surface area contributed by atoms with Crippen LogP contribution in [0.4, 0.5) is 34.9 Å². The summed E-state index contributed by atoms with van der Waals surface area (Å²) in [6, 6.07) is 28.7. The summed E-state index contributed by atoms with van der Waals surface area (Å²) in [7, 11) is -2.04. The summed E-state index contributed by atoms with van der Waals surface area (Å²) < 4.78 is 111. The SMILES string of the molecule is C[S+](=O)(Cc1ccc(Cc2ccccc2)cc1)c1ccccc1.Fc1c(F)c(F)c([B-](F)(F)F)c(F)c1F. The lowest BCUT2D eigenvalue weighted by Crippen LogP contribution is -2.41. The van der Waals surface area contributed by atoms with Crippen LogP contribution in [-0.4, -0.2) is 13.2 Å². The Kier molecular flexibility index (Phi) is 9.14. The van der Waals surface area contributed by atoms with Crippen LogP contribution in [0.1, 0.15) is 16.7 Å². The van der Waals surface area contributed by atoms with Gasteiger partial charge in [0, 0.05) is 5.56 Å². The molecule has 11 heteroatoms. The third-order valence-corrected chi connectivity index (χ3v) is 7.68. The molecule has 0 N–H and O–H groups in total. The van der Waals surface area contributed by atoms with E-state index in [4.69, 9.17) is 0 Å². The molecule has 1 atom stereocenters. The van der Waals surface area contributed by atoms with Crippen LogP contribution in [0.5, 0.6) is 0 Å². The fourth-order valence-corrected chi connectivity index (χ4v) is 5.33. The first kappa shape index (κ1) is 29.1. The van der Waals surface area contributed by atoms with Crippen LogP contribution in [-0.2, 0) is 26.3 Å². The molecule has 38 heavy (non-hydrogen) atoms. The van der Waals surface area contributed by atoms with E-state index in [1.807, 2.05) is 42.7 Å². The molecule has 0 radical (unpaired) electrons. The largest absolute Gasteiger partial charge is 0.515 e. The van der Waals surface area contributed by atoms with Crippen LogP contribution >= 0.6 is 0 Å². The van der Waals surface area contributed by atoms with Crippen LogP contribution in [0.25, 0.3) is 0 Å². The van der Waals surface area contributed by atoms with Gasteiger partial charge in [-0.15, -0.1) is 0 Å². The van der Waals surface area contributed by atoms with Gasteiger partial charge < -0.3 is 12.9 Å². The van der Waals surface area contributed by atoms with E-state index >= 15 is 0 Å². The van der Waals surface area contributed by atoms with Crippen molar-refractivity contribution in [1.29, 1.82) is 0 Å². The highest BCUT2D eigenvalue weighted by molar-refractivity contribution is 8.01. The van der Waals surface area contributed by atoms with Gasteiger partial charge >= 0.3 is 6.98 Å². The molecule has 0 amide bonds. The van der Waals surface area contributed by atoms with E-state index in [0.717, 1.165) is 16.9 Å². The van der Waals surface area contributed by atoms with Crippen molar-refractivity contribution < 1.29 is 39.1 Å². The van der Waals surface area contributed by atoms with Crippen LogP contribution in [0.15, 0.2) is 89.8 Å². The maximum Gasteiger partial charge on any atom is 0.515 e. The molecule has 4 rings (SSSR count). The molecule has 4 aromatic carbocycles. The van der Waals surface area contributed by atoms with Crippen molar-refractivity contribution in [2.75, 3.05) is 6.26 Å². The van der Waals surface area contributed by atoms with E-state index in [1.165, 1.54) is 11.1 Å². The van der Waals surface area contributed by atoms with Crippen molar-refractivity contribution in [3.05, 3.63) is 131 Å². The van der Waals surface area contributed by atoms with Crippen molar-refractivity contribution >= 4 is 22.4 Å². The van der Waals surface area contributed by atoms with Gasteiger partial charge in [0.05, 0.1) is 0 Å². The number of hydrogen-bond acceptors (Lipinski definition) is 1. The van der Waals surface area contributed by atoms with Crippen LogP contribution < -0.4 is 5.46 Å². The average Bonchev–Trinajstić information content (AvgIpc) is 2.88. The zero-order valence-corrected chi connectivity index (χ0v) is 20.7. The summed E-state index contributed by atoms with van der Waals surface area (Å²) in [6.45, 7) is -6.30. The third-order valence-electron chi connectivity index (χ3n) is 5.53. The number of rotatable bonds is 6. The standard InChI is InChI=1S/C21H21OS.C6BF8/c1-23(22,21-10-6-3-7-11-21)17-20-14-12-19(13-15-20)16-18-8-4-2-5-9-18;8-2-1(7(13,14)15)3(9)5(11)6(12)4(2)10/h2-15H,16-17H2,1H3;/q+1;-1. The molecule has 0 heterocycles. The predicted octanol–water partition coefficient (Wildman–Crippen LogP) is 7.40. The highest BCUT2D eigenvalue weighted by atomic mass is 32.2.